The van der Waals surface area contributed by atoms with Gasteiger partial charge in [0.1, 0.15) is 5.75 Å². The highest BCUT2D eigenvalue weighted by Crippen LogP contribution is 2.33. The van der Waals surface area contributed by atoms with E-state index in [1.165, 1.54) is 81.4 Å². The summed E-state index contributed by atoms with van der Waals surface area (Å²) in [5, 5.41) is 28.8. The van der Waals surface area contributed by atoms with Gasteiger partial charge in [-0.1, -0.05) is 18.2 Å². The number of benzene rings is 1. The highest BCUT2D eigenvalue weighted by atomic mass is 32.2. The van der Waals surface area contributed by atoms with E-state index in [-0.39, 0.29) is 22.2 Å². The number of nitro groups is 1. The molecule has 0 aliphatic carbocycles. The van der Waals surface area contributed by atoms with Gasteiger partial charge < -0.3 is 10.0 Å². The molecule has 0 amide bonds. The van der Waals surface area contributed by atoms with E-state index in [4.69, 9.17) is 5.41 Å². The maximum atomic E-state index is 10.8. The zero-order chi connectivity index (χ0) is 18.5. The predicted molar refractivity (Wildman–Crippen MR) is 104 cm³/mol. The number of piperidine rings is 2. The Balaban J connectivity index is 1.56. The lowest BCUT2D eigenvalue weighted by Crippen LogP contribution is -2.48. The smallest absolute Gasteiger partial charge is 0.270 e. The summed E-state index contributed by atoms with van der Waals surface area (Å²) in [5.41, 5.74) is 0.142. The van der Waals surface area contributed by atoms with Crippen LogP contribution in [-0.4, -0.2) is 51.2 Å². The van der Waals surface area contributed by atoms with Gasteiger partial charge in [0.25, 0.3) is 5.69 Å². The third-order valence-electron chi connectivity index (χ3n) is 5.21. The summed E-state index contributed by atoms with van der Waals surface area (Å²) >= 11 is 1.42. The molecule has 7 nitrogen and oxygen atoms in total. The Labute approximate surface area is 157 Å². The maximum Gasteiger partial charge on any atom is 0.270 e. The molecule has 1 aromatic carbocycles. The predicted octanol–water partition coefficient (Wildman–Crippen LogP) is 3.65. The van der Waals surface area contributed by atoms with Crippen molar-refractivity contribution < 1.29 is 10.0 Å². The Hall–Kier alpha value is -1.93. The lowest BCUT2D eigenvalue weighted by atomic mass is 9.85. The number of amidine groups is 1. The fraction of sp³-hybridized carbons (Fsp3) is 0.556. The minimum Gasteiger partial charge on any atom is -0.507 e. The molecule has 2 aliphatic rings. The van der Waals surface area contributed by atoms with Crippen LogP contribution < -0.4 is 0 Å². The molecule has 26 heavy (non-hydrogen) atoms. The highest BCUT2D eigenvalue weighted by molar-refractivity contribution is 8.13. The molecule has 0 saturated carbocycles. The summed E-state index contributed by atoms with van der Waals surface area (Å²) < 4.78 is 0. The molecule has 2 N–H and O–H groups in total. The molecule has 0 spiro atoms. The van der Waals surface area contributed by atoms with Gasteiger partial charge in [0.2, 0.25) is 0 Å². The van der Waals surface area contributed by atoms with Crippen LogP contribution in [0.2, 0.25) is 0 Å². The van der Waals surface area contributed by atoms with Crippen LogP contribution in [-0.2, 0) is 0 Å². The van der Waals surface area contributed by atoms with Crippen LogP contribution in [0.1, 0.15) is 37.7 Å². The molecule has 2 heterocycles. The van der Waals surface area contributed by atoms with Gasteiger partial charge in [0.15, 0.2) is 5.17 Å². The molecule has 8 heteroatoms. The van der Waals surface area contributed by atoms with Gasteiger partial charge in [-0.3, -0.25) is 15.5 Å². The Morgan fingerprint density at radius 3 is 3.00 bits per heavy atom. The number of phenolic OH excluding ortho intramolecular Hbond substituents is 1. The topological polar surface area (TPSA) is 103 Å². The number of nitrogens with one attached hydrogen (secondary N) is 1. The molecular weight excluding hydrogens is 352 g/mol. The quantitative estimate of drug-likeness (QED) is 0.361. The third kappa shape index (κ3) is 4.62. The first-order chi connectivity index (χ1) is 12.5. The average Bonchev–Trinajstić information content (AvgIpc) is 2.65. The van der Waals surface area contributed by atoms with Crippen molar-refractivity contribution >= 4 is 28.8 Å². The van der Waals surface area contributed by atoms with E-state index >= 15 is 0 Å². The first-order valence-electron chi connectivity index (χ1n) is 9.01. The van der Waals surface area contributed by atoms with Gasteiger partial charge >= 0.3 is 0 Å². The summed E-state index contributed by atoms with van der Waals surface area (Å²) in [6, 6.07) is 4.42. The van der Waals surface area contributed by atoms with E-state index in [0.717, 1.165) is 5.75 Å². The summed E-state index contributed by atoms with van der Waals surface area (Å²) in [4.78, 5) is 17.0. The monoisotopic (exact) mass is 376 g/mol. The minimum absolute atomic E-state index is 0.0812. The van der Waals surface area contributed by atoms with E-state index < -0.39 is 4.92 Å². The maximum absolute atomic E-state index is 10.8. The molecule has 140 valence electrons. The molecule has 2 atom stereocenters. The van der Waals surface area contributed by atoms with Crippen LogP contribution in [0, 0.1) is 21.4 Å². The van der Waals surface area contributed by atoms with E-state index in [0.29, 0.717) is 12.0 Å². The number of aromatic hydroxyl groups is 1. The van der Waals surface area contributed by atoms with Crippen molar-refractivity contribution in [2.45, 2.75) is 38.1 Å². The molecule has 0 unspecified atom stereocenters. The average molecular weight is 376 g/mol. The number of phenols is 1. The lowest BCUT2D eigenvalue weighted by Gasteiger charge is -2.44. The van der Waals surface area contributed by atoms with Gasteiger partial charge in [-0.2, -0.15) is 0 Å². The van der Waals surface area contributed by atoms with Crippen molar-refractivity contribution in [1.82, 2.24) is 4.90 Å². The van der Waals surface area contributed by atoms with Crippen LogP contribution in [0.15, 0.2) is 23.2 Å². The van der Waals surface area contributed by atoms with E-state index in [9.17, 15) is 15.2 Å². The second-order valence-corrected chi connectivity index (χ2v) is 7.88. The number of aliphatic imine (C=N–C) groups is 1. The number of fused-ring (bicyclic) bond motifs is 1. The molecule has 0 bridgehead atoms. The Bertz CT molecular complexity index is 708. The van der Waals surface area contributed by atoms with Crippen molar-refractivity contribution in [3.05, 3.63) is 33.9 Å². The fourth-order valence-corrected chi connectivity index (χ4v) is 4.77. The van der Waals surface area contributed by atoms with E-state index in [1.54, 1.807) is 0 Å². The van der Waals surface area contributed by atoms with Gasteiger partial charge in [0.05, 0.1) is 4.92 Å². The molecule has 2 aliphatic heterocycles. The van der Waals surface area contributed by atoms with Crippen LogP contribution >= 0.6 is 11.8 Å². The van der Waals surface area contributed by atoms with Crippen LogP contribution in [0.25, 0.3) is 0 Å². The van der Waals surface area contributed by atoms with Gasteiger partial charge in [-0.15, -0.1) is 0 Å². The summed E-state index contributed by atoms with van der Waals surface area (Å²) in [7, 11) is 0. The number of rotatable bonds is 4. The number of hydrogen-bond acceptors (Lipinski definition) is 6. The number of hydrogen-bond donors (Lipinski definition) is 2. The van der Waals surface area contributed by atoms with Crippen LogP contribution in [0.4, 0.5) is 5.69 Å². The third-order valence-corrected chi connectivity index (χ3v) is 6.18. The molecule has 0 aromatic heterocycles. The van der Waals surface area contributed by atoms with E-state index in [1.807, 2.05) is 0 Å². The Morgan fingerprint density at radius 1 is 1.38 bits per heavy atom. The SMILES string of the molecule is N=C(N=Cc1cc([N+](=O)[O-])ccc1O)SC[C@H]1CCCN2CCCC[C@H]12. The van der Waals surface area contributed by atoms with Crippen LogP contribution in [0.5, 0.6) is 5.75 Å². The number of non-ortho nitro benzene ring substituents is 1. The van der Waals surface area contributed by atoms with Crippen molar-refractivity contribution in [3.63, 3.8) is 0 Å². The van der Waals surface area contributed by atoms with Crippen molar-refractivity contribution in [1.29, 1.82) is 5.41 Å². The van der Waals surface area contributed by atoms with Crippen molar-refractivity contribution in [3.8, 4) is 5.75 Å². The first kappa shape index (κ1) is 18.8. The minimum atomic E-state index is -0.518. The van der Waals surface area contributed by atoms with Crippen molar-refractivity contribution in [2.75, 3.05) is 18.8 Å². The second kappa shape index (κ2) is 8.64. The van der Waals surface area contributed by atoms with Crippen molar-refractivity contribution in [2.24, 2.45) is 10.9 Å². The zero-order valence-corrected chi connectivity index (χ0v) is 15.5. The molecule has 2 saturated heterocycles. The van der Waals surface area contributed by atoms with E-state index in [2.05, 4.69) is 9.89 Å². The summed E-state index contributed by atoms with van der Waals surface area (Å²) in [6.07, 6.45) is 7.60. The number of thioether (sulfide) groups is 1. The summed E-state index contributed by atoms with van der Waals surface area (Å²) in [5.74, 6) is 1.39. The number of nitrogens with zero attached hydrogens (tertiary/aromatic N) is 3. The molecule has 2 fully saturated rings. The fourth-order valence-electron chi connectivity index (χ4n) is 3.88. The van der Waals surface area contributed by atoms with Gasteiger partial charge in [0, 0.05) is 35.7 Å². The lowest BCUT2D eigenvalue weighted by molar-refractivity contribution is -0.384. The van der Waals surface area contributed by atoms with Gasteiger partial charge in [-0.25, -0.2) is 4.99 Å². The standard InChI is InChI=1S/C18H24N4O3S/c19-18(20-11-14-10-15(22(24)25)6-7-17(14)23)26-12-13-4-3-9-21-8-2-1-5-16(13)21/h6-7,10-11,13,16,19,23H,1-5,8-9,12H2/t13-,16-/m1/s1. The number of nitro benzene ring substituents is 1. The second-order valence-electron chi connectivity index (χ2n) is 6.88. The highest BCUT2D eigenvalue weighted by Gasteiger charge is 2.32. The van der Waals surface area contributed by atoms with Crippen LogP contribution in [0.3, 0.4) is 0 Å². The molecule has 3 rings (SSSR count). The molecule has 0 radical (unpaired) electrons. The molecular formula is C18H24N4O3S. The largest absolute Gasteiger partial charge is 0.507 e. The summed E-state index contributed by atoms with van der Waals surface area (Å²) in [6.45, 7) is 2.40. The normalized spacial score (nSPS) is 23.7. The Morgan fingerprint density at radius 2 is 2.19 bits per heavy atom. The zero-order valence-electron chi connectivity index (χ0n) is 14.6. The Kier molecular flexibility index (Phi) is 6.26. The molecule has 1 aromatic rings. The first-order valence-corrected chi connectivity index (χ1v) is 10.00. The van der Waals surface area contributed by atoms with Gasteiger partial charge in [-0.05, 0) is 50.8 Å².